The lowest BCUT2D eigenvalue weighted by Crippen LogP contribution is -2.50. The molecule has 3 rings (SSSR count). The number of hydrogen-bond donors (Lipinski definition) is 2. The second-order valence-corrected chi connectivity index (χ2v) is 11.4. The number of carbonyl (C=O) groups is 2. The lowest BCUT2D eigenvalue weighted by molar-refractivity contribution is -0.148. The van der Waals surface area contributed by atoms with Gasteiger partial charge in [0.2, 0.25) is 5.75 Å². The molecule has 2 N–H and O–H groups in total. The van der Waals surface area contributed by atoms with Crippen molar-refractivity contribution in [2.24, 2.45) is 11.8 Å². The number of rotatable bonds is 14. The second kappa shape index (κ2) is 18.6. The van der Waals surface area contributed by atoms with Crippen molar-refractivity contribution in [2.75, 3.05) is 52.9 Å². The topological polar surface area (TPSA) is 98.4 Å². The summed E-state index contributed by atoms with van der Waals surface area (Å²) in [6.45, 7) is 6.78. The van der Waals surface area contributed by atoms with Gasteiger partial charge in [0.1, 0.15) is 0 Å². The third-order valence-electron chi connectivity index (χ3n) is 7.57. The van der Waals surface area contributed by atoms with Crippen molar-refractivity contribution in [1.29, 1.82) is 0 Å². The van der Waals surface area contributed by atoms with E-state index in [4.69, 9.17) is 42.1 Å². The summed E-state index contributed by atoms with van der Waals surface area (Å²) in [5.41, 5.74) is 1.39. The highest BCUT2D eigenvalue weighted by Gasteiger charge is 2.30. The number of amides is 2. The first-order valence-electron chi connectivity index (χ1n) is 14.4. The molecule has 2 aromatic rings. The lowest BCUT2D eigenvalue weighted by Gasteiger charge is -2.34. The van der Waals surface area contributed by atoms with Crippen LogP contribution in [0.4, 0.5) is 10.5 Å². The zero-order chi connectivity index (χ0) is 30.6. The number of piperidine rings is 1. The Hall–Kier alpha value is -2.15. The molecular weight excluding hydrogens is 708 g/mol. The number of carbonyl (C=O) groups excluding carboxylic acids is 2. The van der Waals surface area contributed by atoms with Crippen LogP contribution in [-0.2, 0) is 16.0 Å². The van der Waals surface area contributed by atoms with E-state index in [1.807, 2.05) is 6.07 Å². The zero-order valence-electron chi connectivity index (χ0n) is 25.5. The quantitative estimate of drug-likeness (QED) is 0.158. The van der Waals surface area contributed by atoms with E-state index < -0.39 is 5.92 Å². The summed E-state index contributed by atoms with van der Waals surface area (Å²) < 4.78 is 21.7. The number of anilines is 1. The van der Waals surface area contributed by atoms with Crippen LogP contribution in [-0.4, -0.2) is 70.5 Å². The predicted molar refractivity (Wildman–Crippen MR) is 182 cm³/mol. The largest absolute Gasteiger partial charge is 0.493 e. The van der Waals surface area contributed by atoms with E-state index in [1.54, 1.807) is 31.2 Å². The molecule has 1 saturated heterocycles. The Morgan fingerprint density at radius 1 is 0.953 bits per heavy atom. The Kier molecular flexibility index (Phi) is 16.0. The highest BCUT2D eigenvalue weighted by atomic mass is 127. The van der Waals surface area contributed by atoms with Crippen LogP contribution in [0.15, 0.2) is 30.3 Å². The van der Waals surface area contributed by atoms with Crippen LogP contribution in [0.3, 0.4) is 0 Å². The minimum absolute atomic E-state index is 0. The SMILES string of the molecule is CCOC(=O)C(Cc1ccc(Cl)c(Cl)c1)CC(C)C(CN1CCCCC1)NC(=O)Nc1cc(OC)c(OC)c(OC)c1.I. The van der Waals surface area contributed by atoms with Crippen LogP contribution < -0.4 is 24.8 Å². The van der Waals surface area contributed by atoms with Crippen LogP contribution in [0.5, 0.6) is 17.2 Å². The van der Waals surface area contributed by atoms with Gasteiger partial charge in [0.25, 0.3) is 0 Å². The number of likely N-dealkylation sites (tertiary alicyclic amines) is 1. The third-order valence-corrected chi connectivity index (χ3v) is 8.31. The first kappa shape index (κ1) is 37.0. The van der Waals surface area contributed by atoms with Gasteiger partial charge >= 0.3 is 12.0 Å². The molecule has 0 saturated carbocycles. The van der Waals surface area contributed by atoms with Crippen molar-refractivity contribution in [2.45, 2.75) is 52.0 Å². The molecule has 1 heterocycles. The molecule has 9 nitrogen and oxygen atoms in total. The number of urea groups is 1. The van der Waals surface area contributed by atoms with Gasteiger partial charge in [-0.25, -0.2) is 4.79 Å². The van der Waals surface area contributed by atoms with Gasteiger partial charge in [0, 0.05) is 24.7 Å². The number of methoxy groups -OCH3 is 3. The molecule has 0 aromatic heterocycles. The Bertz CT molecular complexity index is 1170. The maximum atomic E-state index is 13.3. The fourth-order valence-electron chi connectivity index (χ4n) is 5.36. The monoisotopic (exact) mass is 751 g/mol. The van der Waals surface area contributed by atoms with Crippen molar-refractivity contribution in [3.63, 3.8) is 0 Å². The van der Waals surface area contributed by atoms with Crippen LogP contribution in [0.2, 0.25) is 10.0 Å². The summed E-state index contributed by atoms with van der Waals surface area (Å²) in [5.74, 6) is 0.578. The number of halogens is 3. The first-order valence-corrected chi connectivity index (χ1v) is 15.1. The van der Waals surface area contributed by atoms with Gasteiger partial charge in [0.15, 0.2) is 11.5 Å². The molecule has 240 valence electrons. The molecule has 2 amide bonds. The standard InChI is InChI=1S/C31H43Cl2N3O6.HI/c1-6-42-30(37)22(15-21-10-11-24(32)25(33)16-21)14-20(2)26(19-36-12-8-7-9-13-36)35-31(38)34-23-17-27(39-3)29(41-5)28(18-23)40-4;/h10-11,16-18,20,22,26H,6-9,12-15,19H2,1-5H3,(H2,34,35,38);1H. The number of ether oxygens (including phenoxy) is 4. The predicted octanol–water partition coefficient (Wildman–Crippen LogP) is 7.06. The van der Waals surface area contributed by atoms with Gasteiger partial charge in [-0.15, -0.1) is 24.0 Å². The van der Waals surface area contributed by atoms with Crippen molar-refractivity contribution < 1.29 is 28.5 Å². The van der Waals surface area contributed by atoms with E-state index in [9.17, 15) is 9.59 Å². The van der Waals surface area contributed by atoms with Crippen molar-refractivity contribution in [3.8, 4) is 17.2 Å². The Labute approximate surface area is 282 Å². The molecule has 1 aliphatic rings. The highest BCUT2D eigenvalue weighted by Crippen LogP contribution is 2.40. The summed E-state index contributed by atoms with van der Waals surface area (Å²) in [4.78, 5) is 28.8. The summed E-state index contributed by atoms with van der Waals surface area (Å²) in [5, 5.41) is 6.99. The summed E-state index contributed by atoms with van der Waals surface area (Å²) in [6, 6.07) is 8.16. The Morgan fingerprint density at radius 2 is 1.60 bits per heavy atom. The van der Waals surface area contributed by atoms with Gasteiger partial charge in [-0.05, 0) is 69.3 Å². The third kappa shape index (κ3) is 11.1. The number of nitrogens with one attached hydrogen (secondary N) is 2. The normalized spacial score (nSPS) is 15.3. The van der Waals surface area contributed by atoms with Gasteiger partial charge in [-0.3, -0.25) is 4.79 Å². The molecule has 0 aliphatic carbocycles. The average Bonchev–Trinajstić information content (AvgIpc) is 2.98. The lowest BCUT2D eigenvalue weighted by atomic mass is 9.86. The highest BCUT2D eigenvalue weighted by molar-refractivity contribution is 14.0. The van der Waals surface area contributed by atoms with E-state index in [1.165, 1.54) is 27.8 Å². The molecule has 2 aromatic carbocycles. The summed E-state index contributed by atoms with van der Waals surface area (Å²) in [6.07, 6.45) is 4.43. The second-order valence-electron chi connectivity index (χ2n) is 10.6. The number of benzene rings is 2. The van der Waals surface area contributed by atoms with Gasteiger partial charge < -0.3 is 34.5 Å². The van der Waals surface area contributed by atoms with E-state index in [2.05, 4.69) is 22.5 Å². The summed E-state index contributed by atoms with van der Waals surface area (Å²) >= 11 is 12.4. The Morgan fingerprint density at radius 3 is 2.16 bits per heavy atom. The van der Waals surface area contributed by atoms with Crippen LogP contribution >= 0.6 is 47.2 Å². The van der Waals surface area contributed by atoms with Crippen molar-refractivity contribution >= 4 is 64.9 Å². The van der Waals surface area contributed by atoms with Crippen molar-refractivity contribution in [1.82, 2.24) is 10.2 Å². The van der Waals surface area contributed by atoms with Crippen LogP contribution in [0, 0.1) is 11.8 Å². The van der Waals surface area contributed by atoms with Gasteiger partial charge in [-0.1, -0.05) is 42.6 Å². The number of nitrogens with zero attached hydrogens (tertiary/aromatic N) is 1. The van der Waals surface area contributed by atoms with Gasteiger partial charge in [0.05, 0.1) is 49.6 Å². The fourth-order valence-corrected chi connectivity index (χ4v) is 5.68. The molecule has 0 spiro atoms. The molecule has 0 bridgehead atoms. The molecule has 12 heteroatoms. The number of esters is 1. The zero-order valence-corrected chi connectivity index (χ0v) is 29.4. The average molecular weight is 753 g/mol. The molecule has 0 radical (unpaired) electrons. The molecular formula is C31H44Cl2IN3O6. The van der Waals surface area contributed by atoms with E-state index in [0.717, 1.165) is 31.5 Å². The minimum Gasteiger partial charge on any atom is -0.493 e. The van der Waals surface area contributed by atoms with Crippen molar-refractivity contribution in [3.05, 3.63) is 45.9 Å². The molecule has 1 fully saturated rings. The maximum absolute atomic E-state index is 13.3. The maximum Gasteiger partial charge on any atom is 0.319 e. The number of hydrogen-bond acceptors (Lipinski definition) is 7. The van der Waals surface area contributed by atoms with E-state index >= 15 is 0 Å². The fraction of sp³-hybridized carbons (Fsp3) is 0.548. The smallest absolute Gasteiger partial charge is 0.319 e. The van der Waals surface area contributed by atoms with Crippen LogP contribution in [0.1, 0.15) is 45.1 Å². The van der Waals surface area contributed by atoms with E-state index in [-0.39, 0.29) is 54.5 Å². The molecule has 3 atom stereocenters. The molecule has 3 unspecified atom stereocenters. The minimum atomic E-state index is -0.416. The molecule has 1 aliphatic heterocycles. The van der Waals surface area contributed by atoms with Gasteiger partial charge in [-0.2, -0.15) is 0 Å². The first-order chi connectivity index (χ1) is 20.2. The molecule has 43 heavy (non-hydrogen) atoms. The summed E-state index contributed by atoms with van der Waals surface area (Å²) in [7, 11) is 4.57. The Balaban J connectivity index is 0.00000645. The van der Waals surface area contributed by atoms with Crippen LogP contribution in [0.25, 0.3) is 0 Å². The van der Waals surface area contributed by atoms with E-state index in [0.29, 0.717) is 52.4 Å².